The van der Waals surface area contributed by atoms with Crippen molar-refractivity contribution in [1.82, 2.24) is 0 Å². The van der Waals surface area contributed by atoms with E-state index in [1.165, 1.54) is 5.56 Å². The SMILES string of the molecule is CCC(CC)c1cc[n+](CC(=O)Nc2ccccc2C(=O)Nc2ccccc2)cc1. The molecular weight excluding hydrogens is 374 g/mol. The summed E-state index contributed by atoms with van der Waals surface area (Å²) in [6.07, 6.45) is 6.06. The second-order valence-corrected chi connectivity index (χ2v) is 7.23. The maximum atomic E-state index is 12.7. The van der Waals surface area contributed by atoms with Gasteiger partial charge in [-0.25, -0.2) is 0 Å². The molecule has 154 valence electrons. The molecule has 1 heterocycles. The molecule has 0 aliphatic rings. The van der Waals surface area contributed by atoms with E-state index in [9.17, 15) is 9.59 Å². The molecule has 2 N–H and O–H groups in total. The van der Waals surface area contributed by atoms with Crippen LogP contribution in [0, 0.1) is 0 Å². The van der Waals surface area contributed by atoms with Crippen LogP contribution in [0.2, 0.25) is 0 Å². The highest BCUT2D eigenvalue weighted by Gasteiger charge is 2.16. The van der Waals surface area contributed by atoms with Crippen molar-refractivity contribution in [3.05, 3.63) is 90.3 Å². The first-order valence-corrected chi connectivity index (χ1v) is 10.3. The first-order chi connectivity index (χ1) is 14.6. The lowest BCUT2D eigenvalue weighted by atomic mass is 9.95. The minimum atomic E-state index is -0.265. The van der Waals surface area contributed by atoms with Gasteiger partial charge in [0, 0.05) is 17.8 Å². The van der Waals surface area contributed by atoms with Gasteiger partial charge in [-0.05, 0) is 48.6 Å². The largest absolute Gasteiger partial charge is 0.322 e. The number of anilines is 2. The van der Waals surface area contributed by atoms with Gasteiger partial charge in [0.2, 0.25) is 6.54 Å². The van der Waals surface area contributed by atoms with Crippen LogP contribution in [0.1, 0.15) is 48.5 Å². The van der Waals surface area contributed by atoms with E-state index < -0.39 is 0 Å². The lowest BCUT2D eigenvalue weighted by molar-refractivity contribution is -0.684. The molecule has 0 aliphatic carbocycles. The fourth-order valence-electron chi connectivity index (χ4n) is 3.47. The summed E-state index contributed by atoms with van der Waals surface area (Å²) in [7, 11) is 0. The number of nitrogens with one attached hydrogen (secondary N) is 2. The van der Waals surface area contributed by atoms with Crippen LogP contribution in [-0.2, 0) is 11.3 Å². The summed E-state index contributed by atoms with van der Waals surface area (Å²) in [6.45, 7) is 4.56. The number of rotatable bonds is 8. The van der Waals surface area contributed by atoms with Crippen LogP contribution in [-0.4, -0.2) is 11.8 Å². The summed E-state index contributed by atoms with van der Waals surface area (Å²) in [5, 5.41) is 5.72. The number of para-hydroxylation sites is 2. The van der Waals surface area contributed by atoms with Crippen LogP contribution >= 0.6 is 0 Å². The van der Waals surface area contributed by atoms with Gasteiger partial charge in [0.05, 0.1) is 11.3 Å². The summed E-state index contributed by atoms with van der Waals surface area (Å²) in [5.74, 6) is 0.0954. The molecule has 0 saturated heterocycles. The fourth-order valence-corrected chi connectivity index (χ4v) is 3.47. The quantitative estimate of drug-likeness (QED) is 0.533. The Morgan fingerprint density at radius 3 is 2.13 bits per heavy atom. The Hall–Kier alpha value is -3.47. The van der Waals surface area contributed by atoms with Crippen LogP contribution in [0.25, 0.3) is 0 Å². The van der Waals surface area contributed by atoms with Crippen molar-refractivity contribution in [2.45, 2.75) is 39.2 Å². The molecule has 0 radical (unpaired) electrons. The van der Waals surface area contributed by atoms with Crippen LogP contribution in [0.4, 0.5) is 11.4 Å². The highest BCUT2D eigenvalue weighted by atomic mass is 16.2. The topological polar surface area (TPSA) is 62.1 Å². The zero-order valence-electron chi connectivity index (χ0n) is 17.5. The van der Waals surface area contributed by atoms with Gasteiger partial charge in [0.25, 0.3) is 11.8 Å². The molecule has 0 fully saturated rings. The van der Waals surface area contributed by atoms with Gasteiger partial charge in [-0.2, -0.15) is 4.57 Å². The molecule has 1 aromatic heterocycles. The zero-order valence-corrected chi connectivity index (χ0v) is 17.5. The first kappa shape index (κ1) is 21.2. The van der Waals surface area contributed by atoms with Gasteiger partial charge in [-0.3, -0.25) is 9.59 Å². The zero-order chi connectivity index (χ0) is 21.3. The number of hydrogen-bond acceptors (Lipinski definition) is 2. The molecule has 0 bridgehead atoms. The lowest BCUT2D eigenvalue weighted by Crippen LogP contribution is -2.39. The first-order valence-electron chi connectivity index (χ1n) is 10.3. The summed E-state index contributed by atoms with van der Waals surface area (Å²) in [5.41, 5.74) is 2.91. The van der Waals surface area contributed by atoms with Crippen LogP contribution in [0.15, 0.2) is 79.1 Å². The highest BCUT2D eigenvalue weighted by Crippen LogP contribution is 2.21. The number of carbonyl (C=O) groups is 2. The van der Waals surface area contributed by atoms with Crippen molar-refractivity contribution < 1.29 is 14.2 Å². The Kier molecular flexibility index (Phi) is 7.33. The molecule has 0 saturated carbocycles. The molecule has 3 rings (SSSR count). The molecule has 5 heteroatoms. The average Bonchev–Trinajstić information content (AvgIpc) is 2.77. The van der Waals surface area contributed by atoms with E-state index in [2.05, 4.69) is 36.6 Å². The molecule has 0 atom stereocenters. The van der Waals surface area contributed by atoms with E-state index in [0.717, 1.165) is 12.8 Å². The number of nitrogens with zero attached hydrogens (tertiary/aromatic N) is 1. The van der Waals surface area contributed by atoms with E-state index in [-0.39, 0.29) is 18.4 Å². The summed E-state index contributed by atoms with van der Waals surface area (Å²) < 4.78 is 1.84. The van der Waals surface area contributed by atoms with Crippen molar-refractivity contribution >= 4 is 23.2 Å². The van der Waals surface area contributed by atoms with E-state index in [4.69, 9.17) is 0 Å². The number of amides is 2. The fraction of sp³-hybridized carbons (Fsp3) is 0.240. The molecule has 5 nitrogen and oxygen atoms in total. The van der Waals surface area contributed by atoms with Crippen LogP contribution in [0.3, 0.4) is 0 Å². The van der Waals surface area contributed by atoms with Gasteiger partial charge in [0.15, 0.2) is 12.4 Å². The Labute approximate surface area is 177 Å². The molecule has 2 amide bonds. The predicted octanol–water partition coefficient (Wildman–Crippen LogP) is 4.77. The maximum Gasteiger partial charge on any atom is 0.290 e. The highest BCUT2D eigenvalue weighted by molar-refractivity contribution is 6.10. The number of pyridine rings is 1. The van der Waals surface area contributed by atoms with Gasteiger partial charge in [0.1, 0.15) is 0 Å². The third kappa shape index (κ3) is 5.54. The Bertz CT molecular complexity index is 981. The second kappa shape index (κ2) is 10.3. The monoisotopic (exact) mass is 402 g/mol. The van der Waals surface area contributed by atoms with Gasteiger partial charge >= 0.3 is 0 Å². The van der Waals surface area contributed by atoms with Gasteiger partial charge in [-0.1, -0.05) is 44.2 Å². The van der Waals surface area contributed by atoms with E-state index in [1.807, 2.05) is 47.3 Å². The van der Waals surface area contributed by atoms with Gasteiger partial charge < -0.3 is 10.6 Å². The second-order valence-electron chi connectivity index (χ2n) is 7.23. The van der Waals surface area contributed by atoms with Crippen LogP contribution in [0.5, 0.6) is 0 Å². The summed E-state index contributed by atoms with van der Waals surface area (Å²) >= 11 is 0. The predicted molar refractivity (Wildman–Crippen MR) is 119 cm³/mol. The Balaban J connectivity index is 1.66. The van der Waals surface area contributed by atoms with Crippen molar-refractivity contribution in [3.63, 3.8) is 0 Å². The Morgan fingerprint density at radius 2 is 1.47 bits per heavy atom. The molecule has 0 spiro atoms. The molecule has 30 heavy (non-hydrogen) atoms. The van der Waals surface area contributed by atoms with Crippen molar-refractivity contribution in [2.24, 2.45) is 0 Å². The van der Waals surface area contributed by atoms with E-state index in [1.54, 1.807) is 24.3 Å². The Morgan fingerprint density at radius 1 is 0.833 bits per heavy atom. The minimum absolute atomic E-state index is 0.178. The van der Waals surface area contributed by atoms with Crippen molar-refractivity contribution in [2.75, 3.05) is 10.6 Å². The molecular formula is C25H28N3O2+. The molecule has 3 aromatic rings. The van der Waals surface area contributed by atoms with E-state index >= 15 is 0 Å². The third-order valence-corrected chi connectivity index (χ3v) is 5.18. The number of carbonyl (C=O) groups excluding carboxylic acids is 2. The minimum Gasteiger partial charge on any atom is -0.322 e. The number of aromatic nitrogens is 1. The molecule has 0 unspecified atom stereocenters. The number of benzene rings is 2. The van der Waals surface area contributed by atoms with E-state index in [0.29, 0.717) is 22.9 Å². The summed E-state index contributed by atoms with van der Waals surface area (Å²) in [6, 6.07) is 20.4. The normalized spacial score (nSPS) is 10.6. The molecule has 0 aliphatic heterocycles. The standard InChI is InChI=1S/C25H27N3O2/c1-3-19(4-2)20-14-16-28(17-15-20)18-24(29)27-23-13-9-8-12-22(23)25(30)26-21-10-6-5-7-11-21/h5-17,19H,3-4,18H2,1-2H3,(H-,26,27,29,30)/p+1. The van der Waals surface area contributed by atoms with Crippen LogP contribution < -0.4 is 15.2 Å². The van der Waals surface area contributed by atoms with Crippen molar-refractivity contribution in [1.29, 1.82) is 0 Å². The average molecular weight is 403 g/mol. The maximum absolute atomic E-state index is 12.7. The molecule has 2 aromatic carbocycles. The van der Waals surface area contributed by atoms with Crippen molar-refractivity contribution in [3.8, 4) is 0 Å². The summed E-state index contributed by atoms with van der Waals surface area (Å²) in [4.78, 5) is 25.2. The van der Waals surface area contributed by atoms with Gasteiger partial charge in [-0.15, -0.1) is 0 Å². The lowest BCUT2D eigenvalue weighted by Gasteiger charge is -2.12. The third-order valence-electron chi connectivity index (χ3n) is 5.18. The smallest absolute Gasteiger partial charge is 0.290 e. The number of hydrogen-bond donors (Lipinski definition) is 2.